The Morgan fingerprint density at radius 2 is 1.71 bits per heavy atom. The highest BCUT2D eigenvalue weighted by molar-refractivity contribution is 7.80. The second-order valence-electron chi connectivity index (χ2n) is 6.10. The van der Waals surface area contributed by atoms with Crippen LogP contribution in [0, 0.1) is 13.8 Å². The second-order valence-corrected chi connectivity index (χ2v) is 6.50. The third kappa shape index (κ3) is 3.74. The van der Waals surface area contributed by atoms with Crippen LogP contribution in [0.2, 0.25) is 0 Å². The summed E-state index contributed by atoms with van der Waals surface area (Å²) in [6.07, 6.45) is 1.55. The van der Waals surface area contributed by atoms with Crippen molar-refractivity contribution in [1.29, 1.82) is 0 Å². The molecular weight excluding hydrogens is 318 g/mol. The van der Waals surface area contributed by atoms with Crippen LogP contribution >= 0.6 is 12.2 Å². The van der Waals surface area contributed by atoms with Gasteiger partial charge in [-0.15, -0.1) is 0 Å². The van der Waals surface area contributed by atoms with Crippen LogP contribution < -0.4 is 15.5 Å². The van der Waals surface area contributed by atoms with Crippen LogP contribution in [0.25, 0.3) is 0 Å². The molecule has 1 fully saturated rings. The van der Waals surface area contributed by atoms with Crippen molar-refractivity contribution < 1.29 is 4.79 Å². The minimum absolute atomic E-state index is 0.190. The summed E-state index contributed by atoms with van der Waals surface area (Å²) in [6.45, 7) is 4.86. The number of rotatable bonds is 3. The van der Waals surface area contributed by atoms with Gasteiger partial charge < -0.3 is 15.5 Å². The van der Waals surface area contributed by atoms with Crippen LogP contribution in [0.1, 0.15) is 24.0 Å². The lowest BCUT2D eigenvalue weighted by molar-refractivity contribution is -0.117. The number of nitrogens with zero attached hydrogens (tertiary/aromatic N) is 1. The summed E-state index contributed by atoms with van der Waals surface area (Å²) in [5.41, 5.74) is 5.08. The average Bonchev–Trinajstić information content (AvgIpc) is 2.97. The van der Waals surface area contributed by atoms with Crippen LogP contribution in [-0.2, 0) is 4.79 Å². The average molecular weight is 339 g/mol. The van der Waals surface area contributed by atoms with Crippen LogP contribution in [0.4, 0.5) is 17.1 Å². The van der Waals surface area contributed by atoms with Gasteiger partial charge >= 0.3 is 0 Å². The Morgan fingerprint density at radius 3 is 2.38 bits per heavy atom. The molecule has 5 heteroatoms. The summed E-state index contributed by atoms with van der Waals surface area (Å²) in [5, 5.41) is 6.89. The summed E-state index contributed by atoms with van der Waals surface area (Å²) >= 11 is 5.38. The van der Waals surface area contributed by atoms with E-state index in [0.29, 0.717) is 11.5 Å². The molecule has 4 nitrogen and oxygen atoms in total. The minimum Gasteiger partial charge on any atom is -0.332 e. The number of hydrogen-bond acceptors (Lipinski definition) is 2. The molecule has 1 heterocycles. The number of thiocarbonyl (C=S) groups is 1. The molecule has 124 valence electrons. The summed E-state index contributed by atoms with van der Waals surface area (Å²) in [7, 11) is 0. The number of nitrogens with one attached hydrogen (secondary N) is 2. The topological polar surface area (TPSA) is 44.4 Å². The van der Waals surface area contributed by atoms with Gasteiger partial charge in [-0.3, -0.25) is 4.79 Å². The Bertz CT molecular complexity index is 771. The molecule has 1 amide bonds. The normalized spacial score (nSPS) is 13.9. The summed E-state index contributed by atoms with van der Waals surface area (Å²) in [5.74, 6) is 0.190. The zero-order valence-electron chi connectivity index (χ0n) is 13.9. The molecule has 0 aromatic heterocycles. The number of carbonyl (C=O) groups excluding carboxylic acids is 1. The highest BCUT2D eigenvalue weighted by Gasteiger charge is 2.23. The number of aryl methyl sites for hydroxylation is 2. The van der Waals surface area contributed by atoms with E-state index >= 15 is 0 Å². The van der Waals surface area contributed by atoms with Crippen molar-refractivity contribution in [2.24, 2.45) is 0 Å². The van der Waals surface area contributed by atoms with E-state index in [1.54, 1.807) is 0 Å². The van der Waals surface area contributed by atoms with Gasteiger partial charge in [-0.2, -0.15) is 0 Å². The van der Waals surface area contributed by atoms with Gasteiger partial charge in [-0.25, -0.2) is 0 Å². The van der Waals surface area contributed by atoms with Crippen LogP contribution in [0.15, 0.2) is 42.5 Å². The van der Waals surface area contributed by atoms with Crippen molar-refractivity contribution in [3.05, 3.63) is 53.6 Å². The van der Waals surface area contributed by atoms with Crippen molar-refractivity contribution in [2.45, 2.75) is 26.7 Å². The molecule has 1 aliphatic heterocycles. The fourth-order valence-corrected chi connectivity index (χ4v) is 3.05. The van der Waals surface area contributed by atoms with Gasteiger partial charge in [0, 0.05) is 30.0 Å². The molecule has 0 spiro atoms. The first-order valence-electron chi connectivity index (χ1n) is 8.08. The number of hydrogen-bond donors (Lipinski definition) is 2. The lowest BCUT2D eigenvalue weighted by Crippen LogP contribution is -2.25. The second kappa shape index (κ2) is 7.01. The molecular formula is C19H21N3OS. The van der Waals surface area contributed by atoms with E-state index in [0.717, 1.165) is 35.6 Å². The van der Waals surface area contributed by atoms with E-state index in [2.05, 4.69) is 10.6 Å². The van der Waals surface area contributed by atoms with Crippen molar-refractivity contribution in [2.75, 3.05) is 22.1 Å². The van der Waals surface area contributed by atoms with Gasteiger partial charge in [0.1, 0.15) is 0 Å². The Labute approximate surface area is 147 Å². The Hall–Kier alpha value is -2.40. The zero-order chi connectivity index (χ0) is 17.1. The molecule has 0 bridgehead atoms. The third-order valence-electron chi connectivity index (χ3n) is 4.14. The van der Waals surface area contributed by atoms with E-state index in [-0.39, 0.29) is 5.91 Å². The van der Waals surface area contributed by atoms with Crippen molar-refractivity contribution in [1.82, 2.24) is 0 Å². The van der Waals surface area contributed by atoms with Crippen LogP contribution in [0.5, 0.6) is 0 Å². The number of benzene rings is 2. The monoisotopic (exact) mass is 339 g/mol. The van der Waals surface area contributed by atoms with Gasteiger partial charge in [0.2, 0.25) is 5.91 Å². The number of carbonyl (C=O) groups is 1. The maximum Gasteiger partial charge on any atom is 0.227 e. The molecule has 1 aliphatic rings. The van der Waals surface area contributed by atoms with E-state index in [1.807, 2.05) is 61.2 Å². The van der Waals surface area contributed by atoms with Crippen molar-refractivity contribution >= 4 is 40.3 Å². The Morgan fingerprint density at radius 1 is 1.04 bits per heavy atom. The molecule has 24 heavy (non-hydrogen) atoms. The van der Waals surface area contributed by atoms with Crippen LogP contribution in [0.3, 0.4) is 0 Å². The van der Waals surface area contributed by atoms with E-state index < -0.39 is 0 Å². The molecule has 0 atom stereocenters. The van der Waals surface area contributed by atoms with Gasteiger partial charge in [0.05, 0.1) is 0 Å². The minimum atomic E-state index is 0.190. The molecule has 1 saturated heterocycles. The first kappa shape index (κ1) is 16.5. The quantitative estimate of drug-likeness (QED) is 0.821. The zero-order valence-corrected chi connectivity index (χ0v) is 14.7. The van der Waals surface area contributed by atoms with Gasteiger partial charge in [-0.05, 0) is 62.3 Å². The van der Waals surface area contributed by atoms with E-state index in [4.69, 9.17) is 12.2 Å². The summed E-state index contributed by atoms with van der Waals surface area (Å²) in [6, 6.07) is 14.0. The molecule has 2 aromatic carbocycles. The predicted octanol–water partition coefficient (Wildman–Crippen LogP) is 4.24. The first-order chi connectivity index (χ1) is 11.5. The fraction of sp³-hybridized carbons (Fsp3) is 0.263. The van der Waals surface area contributed by atoms with Gasteiger partial charge in [-0.1, -0.05) is 23.8 Å². The molecule has 3 rings (SSSR count). The number of anilines is 3. The smallest absolute Gasteiger partial charge is 0.227 e. The van der Waals surface area contributed by atoms with Crippen molar-refractivity contribution in [3.8, 4) is 0 Å². The van der Waals surface area contributed by atoms with Crippen molar-refractivity contribution in [3.63, 3.8) is 0 Å². The van der Waals surface area contributed by atoms with E-state index in [9.17, 15) is 4.79 Å². The van der Waals surface area contributed by atoms with Gasteiger partial charge in [0.25, 0.3) is 0 Å². The highest BCUT2D eigenvalue weighted by Crippen LogP contribution is 2.28. The Balaban J connectivity index is 1.71. The lowest BCUT2D eigenvalue weighted by Gasteiger charge is -2.20. The first-order valence-corrected chi connectivity index (χ1v) is 8.49. The van der Waals surface area contributed by atoms with E-state index in [1.165, 1.54) is 5.56 Å². The largest absolute Gasteiger partial charge is 0.332 e. The van der Waals surface area contributed by atoms with Crippen LogP contribution in [-0.4, -0.2) is 17.6 Å². The third-order valence-corrected chi connectivity index (χ3v) is 4.34. The molecule has 0 saturated carbocycles. The summed E-state index contributed by atoms with van der Waals surface area (Å²) < 4.78 is 0. The Kier molecular flexibility index (Phi) is 4.81. The summed E-state index contributed by atoms with van der Waals surface area (Å²) in [4.78, 5) is 13.9. The lowest BCUT2D eigenvalue weighted by atomic mass is 10.1. The molecule has 2 N–H and O–H groups in total. The predicted molar refractivity (Wildman–Crippen MR) is 104 cm³/mol. The fourth-order valence-electron chi connectivity index (χ4n) is 2.81. The maximum absolute atomic E-state index is 12.0. The maximum atomic E-state index is 12.0. The molecule has 0 aliphatic carbocycles. The van der Waals surface area contributed by atoms with Gasteiger partial charge in [0.15, 0.2) is 5.11 Å². The molecule has 2 aromatic rings. The molecule has 0 radical (unpaired) electrons. The SMILES string of the molecule is Cc1ccc(NC(=S)Nc2ccc(C)c(N3CCCC3=O)c2)cc1. The standard InChI is InChI=1S/C19H21N3OS/c1-13-5-8-15(9-6-13)20-19(24)21-16-10-7-14(2)17(12-16)22-11-3-4-18(22)23/h5-10,12H,3-4,11H2,1-2H3,(H2,20,21,24). The molecule has 0 unspecified atom stereocenters. The highest BCUT2D eigenvalue weighted by atomic mass is 32.1. The number of amides is 1.